The molecule has 3 unspecified atom stereocenters. The first-order valence-electron chi connectivity index (χ1n) is 7.52. The van der Waals surface area contributed by atoms with Gasteiger partial charge in [0.2, 0.25) is 0 Å². The third-order valence-corrected chi connectivity index (χ3v) is 4.73. The Hall–Kier alpha value is 0.250. The number of nitrogens with zero attached hydrogens (tertiary/aromatic N) is 1. The van der Waals surface area contributed by atoms with E-state index in [1.807, 2.05) is 0 Å². The minimum atomic E-state index is 0. The van der Waals surface area contributed by atoms with E-state index in [1.54, 1.807) is 0 Å². The van der Waals surface area contributed by atoms with Crippen LogP contribution in [0.3, 0.4) is 0 Å². The van der Waals surface area contributed by atoms with Gasteiger partial charge in [0.15, 0.2) is 0 Å². The first-order valence-corrected chi connectivity index (χ1v) is 7.52. The highest BCUT2D eigenvalue weighted by Gasteiger charge is 2.29. The van der Waals surface area contributed by atoms with Gasteiger partial charge >= 0.3 is 0 Å². The summed E-state index contributed by atoms with van der Waals surface area (Å²) in [4.78, 5) is 2.72. The van der Waals surface area contributed by atoms with Crippen LogP contribution in [0.5, 0.6) is 0 Å². The molecule has 3 atom stereocenters. The molecule has 1 saturated heterocycles. The summed E-state index contributed by atoms with van der Waals surface area (Å²) in [5.41, 5.74) is 0. The van der Waals surface area contributed by atoms with E-state index in [0.29, 0.717) is 0 Å². The summed E-state index contributed by atoms with van der Waals surface area (Å²) >= 11 is 0. The zero-order valence-corrected chi connectivity index (χ0v) is 12.5. The number of hydrogen-bond donors (Lipinski definition) is 0. The van der Waals surface area contributed by atoms with Gasteiger partial charge in [-0.2, -0.15) is 0 Å². The summed E-state index contributed by atoms with van der Waals surface area (Å²) in [6.45, 7) is 8.88. The zero-order chi connectivity index (χ0) is 11.4. The largest absolute Gasteiger partial charge is 0.303 e. The minimum absolute atomic E-state index is 0. The predicted octanol–water partition coefficient (Wildman–Crippen LogP) is 4.36. The fourth-order valence-electron chi connectivity index (χ4n) is 3.90. The molecule has 1 aliphatic carbocycles. The summed E-state index contributed by atoms with van der Waals surface area (Å²) in [6, 6.07) is 0. The van der Waals surface area contributed by atoms with Crippen molar-refractivity contribution in [2.45, 2.75) is 58.8 Å². The Kier molecular flexibility index (Phi) is 6.87. The topological polar surface area (TPSA) is 3.24 Å². The molecule has 0 amide bonds. The maximum absolute atomic E-state index is 2.72. The van der Waals surface area contributed by atoms with Crippen LogP contribution < -0.4 is 0 Å². The van der Waals surface area contributed by atoms with Gasteiger partial charge in [-0.25, -0.2) is 0 Å². The van der Waals surface area contributed by atoms with Crippen LogP contribution in [-0.2, 0) is 0 Å². The molecule has 1 heterocycles. The Morgan fingerprint density at radius 2 is 1.82 bits per heavy atom. The van der Waals surface area contributed by atoms with Crippen LogP contribution in [0.15, 0.2) is 0 Å². The number of rotatable bonds is 3. The third kappa shape index (κ3) is 4.44. The lowest BCUT2D eigenvalue weighted by Crippen LogP contribution is -2.39. The molecular formula is C15H30ClN. The van der Waals surface area contributed by atoms with Gasteiger partial charge in [-0.15, -0.1) is 12.4 Å². The normalized spacial score (nSPS) is 35.3. The zero-order valence-electron chi connectivity index (χ0n) is 11.7. The molecule has 1 aliphatic heterocycles. The highest BCUT2D eigenvalue weighted by molar-refractivity contribution is 5.85. The lowest BCUT2D eigenvalue weighted by atomic mass is 9.73. The van der Waals surface area contributed by atoms with Crippen LogP contribution in [0, 0.1) is 17.8 Å². The van der Waals surface area contributed by atoms with Gasteiger partial charge in [0.25, 0.3) is 0 Å². The van der Waals surface area contributed by atoms with Crippen LogP contribution in [0.4, 0.5) is 0 Å². The van der Waals surface area contributed by atoms with Crippen molar-refractivity contribution in [2.24, 2.45) is 17.8 Å². The second-order valence-electron chi connectivity index (χ2n) is 6.23. The lowest BCUT2D eigenvalue weighted by molar-refractivity contribution is 0.102. The Morgan fingerprint density at radius 1 is 1.06 bits per heavy atom. The van der Waals surface area contributed by atoms with Gasteiger partial charge in [-0.1, -0.05) is 33.1 Å². The molecule has 2 aliphatic rings. The highest BCUT2D eigenvalue weighted by Crippen LogP contribution is 2.37. The van der Waals surface area contributed by atoms with Crippen LogP contribution in [0.1, 0.15) is 58.8 Å². The third-order valence-electron chi connectivity index (χ3n) is 4.73. The van der Waals surface area contributed by atoms with E-state index in [9.17, 15) is 0 Å². The molecule has 2 rings (SSSR count). The molecule has 1 nitrogen and oxygen atoms in total. The molecule has 2 heteroatoms. The van der Waals surface area contributed by atoms with E-state index < -0.39 is 0 Å². The van der Waals surface area contributed by atoms with Crippen molar-refractivity contribution < 1.29 is 0 Å². The van der Waals surface area contributed by atoms with Crippen molar-refractivity contribution in [2.75, 3.05) is 19.6 Å². The Labute approximate surface area is 114 Å². The molecule has 1 saturated carbocycles. The summed E-state index contributed by atoms with van der Waals surface area (Å²) in [5, 5.41) is 0. The average Bonchev–Trinajstić information content (AvgIpc) is 2.30. The fourth-order valence-corrected chi connectivity index (χ4v) is 3.90. The molecular weight excluding hydrogens is 230 g/mol. The van der Waals surface area contributed by atoms with Crippen molar-refractivity contribution in [1.82, 2.24) is 4.90 Å². The Bertz CT molecular complexity index is 205. The molecule has 17 heavy (non-hydrogen) atoms. The van der Waals surface area contributed by atoms with Crippen LogP contribution in [-0.4, -0.2) is 24.5 Å². The van der Waals surface area contributed by atoms with Gasteiger partial charge in [0.05, 0.1) is 0 Å². The van der Waals surface area contributed by atoms with Crippen molar-refractivity contribution in [3.05, 3.63) is 0 Å². The molecule has 0 aromatic rings. The second kappa shape index (κ2) is 7.63. The number of halogens is 1. The van der Waals surface area contributed by atoms with Crippen molar-refractivity contribution in [1.29, 1.82) is 0 Å². The average molecular weight is 260 g/mol. The van der Waals surface area contributed by atoms with Crippen molar-refractivity contribution >= 4 is 12.4 Å². The van der Waals surface area contributed by atoms with E-state index >= 15 is 0 Å². The lowest BCUT2D eigenvalue weighted by Gasteiger charge is -2.39. The smallest absolute Gasteiger partial charge is 0.00123 e. The molecule has 0 N–H and O–H groups in total. The molecule has 2 fully saturated rings. The molecule has 0 spiro atoms. The van der Waals surface area contributed by atoms with E-state index in [4.69, 9.17) is 0 Å². The van der Waals surface area contributed by atoms with Crippen molar-refractivity contribution in [3.8, 4) is 0 Å². The summed E-state index contributed by atoms with van der Waals surface area (Å²) in [6.07, 6.45) is 10.3. The SMILES string of the molecule is CCCN1CCCC(C2CCCC(C)C2)C1.Cl. The first kappa shape index (κ1) is 15.3. The standard InChI is InChI=1S/C15H29N.ClH/c1-3-9-16-10-5-8-15(12-16)14-7-4-6-13(2)11-14;/h13-15H,3-12H2,1-2H3;1H. The predicted molar refractivity (Wildman–Crippen MR) is 77.8 cm³/mol. The highest BCUT2D eigenvalue weighted by atomic mass is 35.5. The van der Waals surface area contributed by atoms with Crippen LogP contribution in [0.2, 0.25) is 0 Å². The maximum atomic E-state index is 2.72. The van der Waals surface area contributed by atoms with Gasteiger partial charge in [0, 0.05) is 6.54 Å². The van der Waals surface area contributed by atoms with E-state index in [1.165, 1.54) is 64.6 Å². The number of hydrogen-bond acceptors (Lipinski definition) is 1. The monoisotopic (exact) mass is 259 g/mol. The van der Waals surface area contributed by atoms with E-state index in [0.717, 1.165) is 17.8 Å². The first-order chi connectivity index (χ1) is 7.79. The molecule has 0 aromatic heterocycles. The Balaban J connectivity index is 0.00000144. The van der Waals surface area contributed by atoms with E-state index in [-0.39, 0.29) is 12.4 Å². The maximum Gasteiger partial charge on any atom is 0.00123 e. The van der Waals surface area contributed by atoms with Crippen LogP contribution in [0.25, 0.3) is 0 Å². The van der Waals surface area contributed by atoms with Gasteiger partial charge in [0.1, 0.15) is 0 Å². The molecule has 0 aromatic carbocycles. The van der Waals surface area contributed by atoms with Gasteiger partial charge in [-0.05, 0) is 56.5 Å². The molecule has 102 valence electrons. The fraction of sp³-hybridized carbons (Fsp3) is 1.00. The Morgan fingerprint density at radius 3 is 2.53 bits per heavy atom. The minimum Gasteiger partial charge on any atom is -0.303 e. The molecule has 0 bridgehead atoms. The molecule has 0 radical (unpaired) electrons. The van der Waals surface area contributed by atoms with Crippen molar-refractivity contribution in [3.63, 3.8) is 0 Å². The van der Waals surface area contributed by atoms with E-state index in [2.05, 4.69) is 18.7 Å². The number of likely N-dealkylation sites (tertiary alicyclic amines) is 1. The second-order valence-corrected chi connectivity index (χ2v) is 6.23. The van der Waals surface area contributed by atoms with Crippen LogP contribution >= 0.6 is 12.4 Å². The summed E-state index contributed by atoms with van der Waals surface area (Å²) < 4.78 is 0. The van der Waals surface area contributed by atoms with Gasteiger partial charge < -0.3 is 4.90 Å². The quantitative estimate of drug-likeness (QED) is 0.728. The summed E-state index contributed by atoms with van der Waals surface area (Å²) in [7, 11) is 0. The van der Waals surface area contributed by atoms with Gasteiger partial charge in [-0.3, -0.25) is 0 Å². The summed E-state index contributed by atoms with van der Waals surface area (Å²) in [5.74, 6) is 3.09. The number of piperidine rings is 1.